The fourth-order valence-corrected chi connectivity index (χ4v) is 4.82. The van der Waals surface area contributed by atoms with Crippen molar-refractivity contribution in [3.63, 3.8) is 0 Å². The van der Waals surface area contributed by atoms with Crippen molar-refractivity contribution in [1.29, 1.82) is 0 Å². The first kappa shape index (κ1) is 27.5. The highest BCUT2D eigenvalue weighted by Crippen LogP contribution is 2.44. The molecule has 2 atom stereocenters. The van der Waals surface area contributed by atoms with E-state index in [2.05, 4.69) is 20.9 Å². The molecule has 0 spiro atoms. The number of aromatic nitrogens is 1. The Labute approximate surface area is 230 Å². The van der Waals surface area contributed by atoms with Crippen molar-refractivity contribution in [3.8, 4) is 5.75 Å². The number of benzene rings is 2. The van der Waals surface area contributed by atoms with Crippen LogP contribution < -0.4 is 20.7 Å². The van der Waals surface area contributed by atoms with Crippen LogP contribution in [0.25, 0.3) is 0 Å². The number of nitrogens with zero attached hydrogens (tertiary/aromatic N) is 1. The van der Waals surface area contributed by atoms with Crippen molar-refractivity contribution >= 4 is 11.9 Å². The van der Waals surface area contributed by atoms with E-state index in [-0.39, 0.29) is 31.3 Å². The maximum absolute atomic E-state index is 14.7. The highest BCUT2D eigenvalue weighted by atomic mass is 19.1. The van der Waals surface area contributed by atoms with E-state index >= 15 is 0 Å². The van der Waals surface area contributed by atoms with Crippen LogP contribution in [0.15, 0.2) is 60.7 Å². The number of carbonyl (C=O) groups is 2. The second kappa shape index (κ2) is 12.0. The molecule has 0 bridgehead atoms. The van der Waals surface area contributed by atoms with Gasteiger partial charge in [0.2, 0.25) is 5.91 Å². The van der Waals surface area contributed by atoms with Gasteiger partial charge in [-0.05, 0) is 30.5 Å². The van der Waals surface area contributed by atoms with Crippen LogP contribution >= 0.6 is 0 Å². The molecule has 5 rings (SSSR count). The van der Waals surface area contributed by atoms with Crippen molar-refractivity contribution in [2.24, 2.45) is 0 Å². The van der Waals surface area contributed by atoms with Gasteiger partial charge in [-0.15, -0.1) is 0 Å². The molecule has 2 aromatic carbocycles. The van der Waals surface area contributed by atoms with Gasteiger partial charge in [0.05, 0.1) is 37.3 Å². The summed E-state index contributed by atoms with van der Waals surface area (Å²) in [5.41, 5.74) is 1.40. The summed E-state index contributed by atoms with van der Waals surface area (Å²) in [5.74, 6) is -3.13. The predicted octanol–water partition coefficient (Wildman–Crippen LogP) is 3.63. The van der Waals surface area contributed by atoms with Crippen LogP contribution in [0.5, 0.6) is 5.75 Å². The van der Waals surface area contributed by atoms with Crippen LogP contribution in [-0.4, -0.2) is 43.4 Å². The van der Waals surface area contributed by atoms with Gasteiger partial charge in [0.1, 0.15) is 30.2 Å². The summed E-state index contributed by atoms with van der Waals surface area (Å²) in [4.78, 5) is 30.1. The SMILES string of the molecule is COc1cc(F)c([C@@H]2CNC(=O)[C@H]2NC(=O)NC2(c3cccc(COCOCc4ccccc4)n3)CC2)c(F)c1. The molecule has 1 saturated carbocycles. The Hall–Kier alpha value is -4.09. The molecule has 1 saturated heterocycles. The van der Waals surface area contributed by atoms with E-state index in [1.807, 2.05) is 48.5 Å². The van der Waals surface area contributed by atoms with E-state index in [1.54, 1.807) is 0 Å². The lowest BCUT2D eigenvalue weighted by Crippen LogP contribution is -2.50. The minimum absolute atomic E-state index is 0.0201. The summed E-state index contributed by atoms with van der Waals surface area (Å²) in [5, 5.41) is 8.09. The molecule has 0 radical (unpaired) electrons. The van der Waals surface area contributed by atoms with Crippen LogP contribution in [0.2, 0.25) is 0 Å². The molecule has 9 nitrogen and oxygen atoms in total. The summed E-state index contributed by atoms with van der Waals surface area (Å²) in [7, 11) is 1.30. The number of methoxy groups -OCH3 is 1. The van der Waals surface area contributed by atoms with Gasteiger partial charge in [-0.1, -0.05) is 36.4 Å². The van der Waals surface area contributed by atoms with Crippen LogP contribution in [0.1, 0.15) is 41.3 Å². The number of amides is 3. The van der Waals surface area contributed by atoms with Gasteiger partial charge >= 0.3 is 6.03 Å². The molecular weight excluding hydrogens is 522 g/mol. The second-order valence-electron chi connectivity index (χ2n) is 9.83. The average molecular weight is 553 g/mol. The molecule has 1 aliphatic carbocycles. The number of rotatable bonds is 11. The first-order valence-corrected chi connectivity index (χ1v) is 12.9. The van der Waals surface area contributed by atoms with Crippen LogP contribution in [-0.2, 0) is 33.0 Å². The van der Waals surface area contributed by atoms with Crippen molar-refractivity contribution in [3.05, 3.63) is 94.8 Å². The molecule has 3 N–H and O–H groups in total. The fraction of sp³-hybridized carbons (Fsp3) is 0.345. The van der Waals surface area contributed by atoms with Gasteiger partial charge in [-0.25, -0.2) is 13.6 Å². The van der Waals surface area contributed by atoms with Crippen LogP contribution in [0, 0.1) is 11.6 Å². The van der Waals surface area contributed by atoms with Gasteiger partial charge < -0.3 is 30.2 Å². The summed E-state index contributed by atoms with van der Waals surface area (Å²) >= 11 is 0. The molecule has 3 aromatic rings. The second-order valence-corrected chi connectivity index (χ2v) is 9.83. The van der Waals surface area contributed by atoms with Gasteiger partial charge in [-0.2, -0.15) is 0 Å². The van der Waals surface area contributed by atoms with E-state index < -0.39 is 41.1 Å². The monoisotopic (exact) mass is 552 g/mol. The lowest BCUT2D eigenvalue weighted by Gasteiger charge is -2.23. The Morgan fingerprint density at radius 3 is 2.48 bits per heavy atom. The lowest BCUT2D eigenvalue weighted by molar-refractivity contribution is -0.120. The number of pyridine rings is 1. The number of hydrogen-bond donors (Lipinski definition) is 3. The van der Waals surface area contributed by atoms with Crippen molar-refractivity contribution in [2.45, 2.75) is 43.6 Å². The maximum Gasteiger partial charge on any atom is 0.316 e. The van der Waals surface area contributed by atoms with E-state index in [0.29, 0.717) is 30.8 Å². The zero-order valence-corrected chi connectivity index (χ0v) is 21.9. The molecule has 210 valence electrons. The Morgan fingerprint density at radius 1 is 1.05 bits per heavy atom. The third-order valence-electron chi connectivity index (χ3n) is 7.05. The number of hydrogen-bond acceptors (Lipinski definition) is 6. The van der Waals surface area contributed by atoms with Crippen LogP contribution in [0.3, 0.4) is 0 Å². The average Bonchev–Trinajstić information content (AvgIpc) is 3.65. The Morgan fingerprint density at radius 2 is 1.77 bits per heavy atom. The third-order valence-corrected chi connectivity index (χ3v) is 7.05. The lowest BCUT2D eigenvalue weighted by atomic mass is 9.93. The maximum atomic E-state index is 14.7. The van der Waals surface area contributed by atoms with E-state index in [9.17, 15) is 18.4 Å². The smallest absolute Gasteiger partial charge is 0.316 e. The molecule has 11 heteroatoms. The first-order chi connectivity index (χ1) is 19.4. The highest BCUT2D eigenvalue weighted by molar-refractivity contribution is 5.90. The highest BCUT2D eigenvalue weighted by Gasteiger charge is 2.48. The molecule has 2 heterocycles. The third kappa shape index (κ3) is 6.21. The van der Waals surface area contributed by atoms with Crippen molar-refractivity contribution < 1.29 is 32.6 Å². The molecule has 1 aromatic heterocycles. The molecule has 40 heavy (non-hydrogen) atoms. The Balaban J connectivity index is 1.18. The van der Waals surface area contributed by atoms with Gasteiger partial charge in [0.25, 0.3) is 0 Å². The topological polar surface area (TPSA) is 111 Å². The molecule has 0 unspecified atom stereocenters. The standard InChI is InChI=1S/C29H30F2N4O5/c1-38-20-12-22(30)25(23(31)13-20)21-14-32-27(36)26(21)34-28(37)35-29(10-11-29)24-9-5-8-19(33-24)16-40-17-39-15-18-6-3-2-4-7-18/h2-9,12-13,21,26H,10-11,14-17H2,1H3,(H,32,36)(H2,34,35,37)/t21-,26-/m0/s1. The fourth-order valence-electron chi connectivity index (χ4n) is 4.82. The van der Waals surface area contributed by atoms with E-state index in [1.165, 1.54) is 7.11 Å². The Kier molecular flexibility index (Phi) is 8.22. The zero-order chi connectivity index (χ0) is 28.1. The van der Waals surface area contributed by atoms with Crippen molar-refractivity contribution in [1.82, 2.24) is 20.9 Å². The molecular formula is C29H30F2N4O5. The summed E-state index contributed by atoms with van der Waals surface area (Å²) in [6.07, 6.45) is 1.31. The first-order valence-electron chi connectivity index (χ1n) is 12.9. The molecule has 2 aliphatic rings. The Bertz CT molecular complexity index is 1350. The number of halogens is 2. The van der Waals surface area contributed by atoms with Gasteiger partial charge in [-0.3, -0.25) is 9.78 Å². The number of carbonyl (C=O) groups excluding carboxylic acids is 2. The minimum Gasteiger partial charge on any atom is -0.497 e. The number of ether oxygens (including phenoxy) is 3. The quantitative estimate of drug-likeness (QED) is 0.248. The van der Waals surface area contributed by atoms with E-state index in [4.69, 9.17) is 14.2 Å². The molecule has 2 fully saturated rings. The minimum atomic E-state index is -1.16. The largest absolute Gasteiger partial charge is 0.497 e. The molecule has 3 amide bonds. The van der Waals surface area contributed by atoms with Gasteiger partial charge in [0.15, 0.2) is 0 Å². The van der Waals surface area contributed by atoms with Gasteiger partial charge in [0, 0.05) is 30.2 Å². The van der Waals surface area contributed by atoms with E-state index in [0.717, 1.165) is 17.7 Å². The van der Waals surface area contributed by atoms with Crippen LogP contribution in [0.4, 0.5) is 13.6 Å². The number of urea groups is 1. The molecule has 1 aliphatic heterocycles. The predicted molar refractivity (Wildman–Crippen MR) is 140 cm³/mol. The zero-order valence-electron chi connectivity index (χ0n) is 21.9. The summed E-state index contributed by atoms with van der Waals surface area (Å²) in [6.45, 7) is 0.752. The summed E-state index contributed by atoms with van der Waals surface area (Å²) < 4.78 is 45.5. The van der Waals surface area contributed by atoms with Crippen molar-refractivity contribution in [2.75, 3.05) is 20.4 Å². The summed E-state index contributed by atoms with van der Waals surface area (Å²) in [6, 6.07) is 15.6. The normalized spacial score (nSPS) is 19.1. The number of nitrogens with one attached hydrogen (secondary N) is 3.